The summed E-state index contributed by atoms with van der Waals surface area (Å²) in [6.45, 7) is 2.76. The van der Waals surface area contributed by atoms with Gasteiger partial charge in [-0.25, -0.2) is 4.98 Å². The van der Waals surface area contributed by atoms with Gasteiger partial charge in [0.25, 0.3) is 0 Å². The first-order valence-electron chi connectivity index (χ1n) is 7.87. The number of carbonyl (C=O) groups is 1. The van der Waals surface area contributed by atoms with Crippen molar-refractivity contribution in [1.82, 2.24) is 4.98 Å². The molecule has 1 aliphatic carbocycles. The molecule has 0 aliphatic heterocycles. The van der Waals surface area contributed by atoms with E-state index in [0.29, 0.717) is 18.8 Å². The highest BCUT2D eigenvalue weighted by atomic mass is 32.1. The van der Waals surface area contributed by atoms with Crippen molar-refractivity contribution in [2.45, 2.75) is 58.0 Å². The van der Waals surface area contributed by atoms with Gasteiger partial charge >= 0.3 is 5.97 Å². The molecule has 1 aliphatic rings. The van der Waals surface area contributed by atoms with Crippen molar-refractivity contribution >= 4 is 17.3 Å². The van der Waals surface area contributed by atoms with Crippen molar-refractivity contribution in [3.8, 4) is 0 Å². The predicted octanol–water partition coefficient (Wildman–Crippen LogP) is 3.91. The number of aromatic nitrogens is 1. The second-order valence-electron chi connectivity index (χ2n) is 5.53. The third-order valence-electron chi connectivity index (χ3n) is 4.05. The van der Waals surface area contributed by atoms with Crippen LogP contribution in [0.25, 0.3) is 0 Å². The second kappa shape index (κ2) is 8.49. The van der Waals surface area contributed by atoms with Gasteiger partial charge in [0.1, 0.15) is 11.1 Å². The summed E-state index contributed by atoms with van der Waals surface area (Å²) < 4.78 is 10.7. The zero-order chi connectivity index (χ0) is 15.1. The molecule has 118 valence electrons. The molecule has 1 aromatic heterocycles. The van der Waals surface area contributed by atoms with Crippen molar-refractivity contribution < 1.29 is 14.3 Å². The predicted molar refractivity (Wildman–Crippen MR) is 83.4 cm³/mol. The van der Waals surface area contributed by atoms with Gasteiger partial charge in [0.2, 0.25) is 0 Å². The van der Waals surface area contributed by atoms with Crippen LogP contribution in [0.3, 0.4) is 0 Å². The van der Waals surface area contributed by atoms with Crippen LogP contribution >= 0.6 is 11.3 Å². The molecule has 4 nitrogen and oxygen atoms in total. The van der Waals surface area contributed by atoms with Gasteiger partial charge < -0.3 is 9.47 Å². The molecule has 1 atom stereocenters. The minimum atomic E-state index is -0.182. The SMILES string of the molecule is CCOC(c1nc(CCC(=O)OC)cs1)C1CCCCC1. The van der Waals surface area contributed by atoms with Crippen molar-refractivity contribution in [3.63, 3.8) is 0 Å². The van der Waals surface area contributed by atoms with Crippen molar-refractivity contribution in [2.75, 3.05) is 13.7 Å². The standard InChI is InChI=1S/C16H25NO3S/c1-3-20-15(12-7-5-4-6-8-12)16-17-13(11-21-16)9-10-14(18)19-2/h11-12,15H,3-10H2,1-2H3. The van der Waals surface area contributed by atoms with Crippen molar-refractivity contribution in [1.29, 1.82) is 0 Å². The van der Waals surface area contributed by atoms with Crippen LogP contribution in [0.2, 0.25) is 0 Å². The lowest BCUT2D eigenvalue weighted by Gasteiger charge is -2.28. The van der Waals surface area contributed by atoms with Gasteiger partial charge in [0.15, 0.2) is 0 Å². The summed E-state index contributed by atoms with van der Waals surface area (Å²) in [7, 11) is 1.42. The number of hydrogen-bond donors (Lipinski definition) is 0. The third kappa shape index (κ3) is 4.78. The number of esters is 1. The zero-order valence-corrected chi connectivity index (χ0v) is 13.8. The molecule has 1 unspecified atom stereocenters. The lowest BCUT2D eigenvalue weighted by Crippen LogP contribution is -2.19. The highest BCUT2D eigenvalue weighted by Gasteiger charge is 2.27. The summed E-state index contributed by atoms with van der Waals surface area (Å²) in [6, 6.07) is 0. The van der Waals surface area contributed by atoms with Crippen LogP contribution in [0.4, 0.5) is 0 Å². The van der Waals surface area contributed by atoms with Gasteiger partial charge in [-0.2, -0.15) is 0 Å². The molecule has 0 radical (unpaired) electrons. The van der Waals surface area contributed by atoms with Crippen molar-refractivity contribution in [3.05, 3.63) is 16.1 Å². The first-order chi connectivity index (χ1) is 10.2. The van der Waals surface area contributed by atoms with E-state index in [1.807, 2.05) is 12.3 Å². The Labute approximate surface area is 130 Å². The van der Waals surface area contributed by atoms with E-state index in [1.54, 1.807) is 11.3 Å². The van der Waals surface area contributed by atoms with Crippen LogP contribution in [0, 0.1) is 5.92 Å². The summed E-state index contributed by atoms with van der Waals surface area (Å²) in [5.74, 6) is 0.413. The molecule has 1 fully saturated rings. The number of carbonyl (C=O) groups excluding carboxylic acids is 1. The Morgan fingerprint density at radius 3 is 2.86 bits per heavy atom. The van der Waals surface area contributed by atoms with E-state index < -0.39 is 0 Å². The Bertz CT molecular complexity index is 440. The Balaban J connectivity index is 1.99. The molecule has 0 aromatic carbocycles. The molecule has 0 amide bonds. The van der Waals surface area contributed by atoms with Gasteiger partial charge in [-0.05, 0) is 25.7 Å². The average molecular weight is 311 g/mol. The highest BCUT2D eigenvalue weighted by molar-refractivity contribution is 7.09. The molecule has 1 heterocycles. The van der Waals surface area contributed by atoms with Gasteiger partial charge in [0, 0.05) is 18.4 Å². The van der Waals surface area contributed by atoms with Gasteiger partial charge in [0.05, 0.1) is 19.2 Å². The number of rotatable bonds is 7. The lowest BCUT2D eigenvalue weighted by atomic mass is 9.85. The van der Waals surface area contributed by atoms with E-state index in [0.717, 1.165) is 17.3 Å². The van der Waals surface area contributed by atoms with E-state index in [-0.39, 0.29) is 12.1 Å². The number of hydrogen-bond acceptors (Lipinski definition) is 5. The molecule has 0 spiro atoms. The minimum Gasteiger partial charge on any atom is -0.469 e. The second-order valence-corrected chi connectivity index (χ2v) is 6.42. The maximum Gasteiger partial charge on any atom is 0.305 e. The lowest BCUT2D eigenvalue weighted by molar-refractivity contribution is -0.140. The van der Waals surface area contributed by atoms with Gasteiger partial charge in [-0.1, -0.05) is 19.3 Å². The Morgan fingerprint density at radius 2 is 2.19 bits per heavy atom. The summed E-state index contributed by atoms with van der Waals surface area (Å²) in [5, 5.41) is 3.12. The fourth-order valence-corrected chi connectivity index (χ4v) is 3.92. The summed E-state index contributed by atoms with van der Waals surface area (Å²) >= 11 is 1.66. The molecular formula is C16H25NO3S. The molecule has 0 saturated heterocycles. The highest BCUT2D eigenvalue weighted by Crippen LogP contribution is 2.38. The largest absolute Gasteiger partial charge is 0.469 e. The van der Waals surface area contributed by atoms with E-state index in [1.165, 1.54) is 39.2 Å². The summed E-state index contributed by atoms with van der Waals surface area (Å²) in [5.41, 5.74) is 0.973. The number of thiazole rings is 1. The van der Waals surface area contributed by atoms with E-state index in [4.69, 9.17) is 9.72 Å². The smallest absolute Gasteiger partial charge is 0.305 e. The maximum atomic E-state index is 11.2. The average Bonchev–Trinajstić information content (AvgIpc) is 2.99. The maximum absolute atomic E-state index is 11.2. The number of ether oxygens (including phenoxy) is 2. The Kier molecular flexibility index (Phi) is 6.64. The normalized spacial score (nSPS) is 17.6. The van der Waals surface area contributed by atoms with Crippen molar-refractivity contribution in [2.24, 2.45) is 5.92 Å². The molecular weight excluding hydrogens is 286 g/mol. The number of methoxy groups -OCH3 is 1. The Morgan fingerprint density at radius 1 is 1.43 bits per heavy atom. The van der Waals surface area contributed by atoms with Crippen LogP contribution in [0.1, 0.15) is 62.3 Å². The van der Waals surface area contributed by atoms with Crippen LogP contribution in [-0.4, -0.2) is 24.7 Å². The fourth-order valence-electron chi connectivity index (χ4n) is 2.93. The number of aryl methyl sites for hydroxylation is 1. The fraction of sp³-hybridized carbons (Fsp3) is 0.750. The van der Waals surface area contributed by atoms with E-state index in [2.05, 4.69) is 4.74 Å². The monoisotopic (exact) mass is 311 g/mol. The minimum absolute atomic E-state index is 0.132. The van der Waals surface area contributed by atoms with E-state index in [9.17, 15) is 4.79 Å². The van der Waals surface area contributed by atoms with E-state index >= 15 is 0 Å². The molecule has 1 saturated carbocycles. The third-order valence-corrected chi connectivity index (χ3v) is 5.01. The van der Waals surface area contributed by atoms with Crippen LogP contribution in [0.5, 0.6) is 0 Å². The summed E-state index contributed by atoms with van der Waals surface area (Å²) in [4.78, 5) is 15.9. The first kappa shape index (κ1) is 16.4. The van der Waals surface area contributed by atoms with Crippen LogP contribution in [-0.2, 0) is 20.7 Å². The number of nitrogens with zero attached hydrogens (tertiary/aromatic N) is 1. The Hall–Kier alpha value is -0.940. The first-order valence-corrected chi connectivity index (χ1v) is 8.75. The quantitative estimate of drug-likeness (QED) is 0.716. The van der Waals surface area contributed by atoms with Gasteiger partial charge in [-0.15, -0.1) is 11.3 Å². The molecule has 2 rings (SSSR count). The zero-order valence-electron chi connectivity index (χ0n) is 13.0. The molecule has 5 heteroatoms. The topological polar surface area (TPSA) is 48.4 Å². The molecule has 21 heavy (non-hydrogen) atoms. The van der Waals surface area contributed by atoms with Crippen LogP contribution in [0.15, 0.2) is 5.38 Å². The van der Waals surface area contributed by atoms with Gasteiger partial charge in [-0.3, -0.25) is 4.79 Å². The molecule has 0 bridgehead atoms. The molecule has 1 aromatic rings. The van der Waals surface area contributed by atoms with Crippen LogP contribution < -0.4 is 0 Å². The molecule has 0 N–H and O–H groups in total. The summed E-state index contributed by atoms with van der Waals surface area (Å²) in [6.07, 6.45) is 7.59.